The molecule has 1 unspecified atom stereocenters. The van der Waals surface area contributed by atoms with Crippen LogP contribution in [0, 0.1) is 0 Å². The Labute approximate surface area is 122 Å². The summed E-state index contributed by atoms with van der Waals surface area (Å²) in [4.78, 5) is 12.2. The summed E-state index contributed by atoms with van der Waals surface area (Å²) in [5, 5.41) is 10.00. The molecule has 2 N–H and O–H groups in total. The number of hydrazine groups is 1. The lowest BCUT2D eigenvalue weighted by atomic mass is 10.1. The van der Waals surface area contributed by atoms with Gasteiger partial charge in [-0.1, -0.05) is 0 Å². The molecule has 1 aromatic carbocycles. The fourth-order valence-electron chi connectivity index (χ4n) is 1.98. The fraction of sp³-hybridized carbons (Fsp3) is 0.308. The molecule has 1 aliphatic heterocycles. The van der Waals surface area contributed by atoms with E-state index in [4.69, 9.17) is 4.74 Å². The third-order valence-electron chi connectivity index (χ3n) is 3.19. The molecule has 9 heteroatoms. The average molecular weight is 320 g/mol. The molecular formula is C13H12F4N2O3. The molecule has 1 fully saturated rings. The van der Waals surface area contributed by atoms with Crippen LogP contribution < -0.4 is 10.2 Å². The molecule has 1 aromatic rings. The molecule has 1 heterocycles. The lowest BCUT2D eigenvalue weighted by Gasteiger charge is -2.31. The Morgan fingerprint density at radius 3 is 2.41 bits per heavy atom. The van der Waals surface area contributed by atoms with E-state index in [0.717, 1.165) is 0 Å². The van der Waals surface area contributed by atoms with Gasteiger partial charge in [-0.3, -0.25) is 10.2 Å². The second kappa shape index (κ2) is 5.84. The van der Waals surface area contributed by atoms with Crippen LogP contribution in [0.25, 0.3) is 0 Å². The van der Waals surface area contributed by atoms with Crippen molar-refractivity contribution in [2.75, 3.05) is 7.11 Å². The first kappa shape index (κ1) is 16.1. The molecule has 120 valence electrons. The summed E-state index contributed by atoms with van der Waals surface area (Å²) in [6.45, 7) is 0. The van der Waals surface area contributed by atoms with Gasteiger partial charge in [0, 0.05) is 5.56 Å². The summed E-state index contributed by atoms with van der Waals surface area (Å²) in [5.74, 6) is -0.646. The van der Waals surface area contributed by atoms with Crippen molar-refractivity contribution in [3.05, 3.63) is 41.6 Å². The maximum atomic E-state index is 13.0. The number of amides is 1. The number of hydrogen-bond acceptors (Lipinski definition) is 4. The Morgan fingerprint density at radius 1 is 1.36 bits per heavy atom. The summed E-state index contributed by atoms with van der Waals surface area (Å²) in [7, 11) is 1.40. The normalized spacial score (nSPS) is 21.0. The summed E-state index contributed by atoms with van der Waals surface area (Å²) in [5.41, 5.74) is -2.21. The van der Waals surface area contributed by atoms with Crippen LogP contribution in [-0.4, -0.2) is 35.3 Å². The molecule has 0 radical (unpaired) electrons. The number of carbonyl (C=O) groups excluding carboxylic acids is 1. The molecule has 22 heavy (non-hydrogen) atoms. The molecule has 5 nitrogen and oxygen atoms in total. The van der Waals surface area contributed by atoms with E-state index < -0.39 is 36.3 Å². The molecule has 0 bridgehead atoms. The lowest BCUT2D eigenvalue weighted by Crippen LogP contribution is -2.55. The highest BCUT2D eigenvalue weighted by Crippen LogP contribution is 2.35. The van der Waals surface area contributed by atoms with Gasteiger partial charge in [-0.05, 0) is 24.3 Å². The third-order valence-corrected chi connectivity index (χ3v) is 3.19. The van der Waals surface area contributed by atoms with Crippen molar-refractivity contribution in [3.63, 3.8) is 0 Å². The molecule has 0 aliphatic carbocycles. The van der Waals surface area contributed by atoms with Crippen LogP contribution in [0.5, 0.6) is 5.75 Å². The largest absolute Gasteiger partial charge is 0.497 e. The number of ether oxygens (including phenoxy) is 1. The molecule has 0 aromatic heterocycles. The Hall–Kier alpha value is -2.29. The van der Waals surface area contributed by atoms with Crippen molar-refractivity contribution in [2.24, 2.45) is 0 Å². The number of rotatable bonds is 3. The second-order valence-electron chi connectivity index (χ2n) is 4.58. The van der Waals surface area contributed by atoms with Gasteiger partial charge < -0.3 is 9.84 Å². The number of carbonyl (C=O) groups is 1. The number of aliphatic hydroxyl groups is 1. The maximum Gasteiger partial charge on any atom is 0.291 e. The lowest BCUT2D eigenvalue weighted by molar-refractivity contribution is -0.168. The summed E-state index contributed by atoms with van der Waals surface area (Å²) >= 11 is 0. The highest BCUT2D eigenvalue weighted by atomic mass is 19.3. The van der Waals surface area contributed by atoms with Gasteiger partial charge in [-0.15, -0.1) is 0 Å². The van der Waals surface area contributed by atoms with E-state index in [1.807, 2.05) is 5.43 Å². The number of hydrogen-bond donors (Lipinski definition) is 2. The SMILES string of the molecule is COc1ccc(C(=O)N2NC(=C(F)F)CC2(O)C(F)F)cc1. The van der Waals surface area contributed by atoms with Gasteiger partial charge >= 0.3 is 0 Å². The van der Waals surface area contributed by atoms with E-state index in [9.17, 15) is 27.5 Å². The van der Waals surface area contributed by atoms with E-state index in [-0.39, 0.29) is 10.6 Å². The number of nitrogens with one attached hydrogen (secondary N) is 1. The highest BCUT2D eigenvalue weighted by molar-refractivity contribution is 5.94. The quantitative estimate of drug-likeness (QED) is 0.838. The van der Waals surface area contributed by atoms with Crippen molar-refractivity contribution >= 4 is 5.91 Å². The van der Waals surface area contributed by atoms with E-state index in [0.29, 0.717) is 5.75 Å². The van der Waals surface area contributed by atoms with Crippen molar-refractivity contribution < 1.29 is 32.2 Å². The van der Waals surface area contributed by atoms with Crippen LogP contribution >= 0.6 is 0 Å². The zero-order chi connectivity index (χ0) is 16.5. The Kier molecular flexibility index (Phi) is 4.27. The monoisotopic (exact) mass is 320 g/mol. The predicted molar refractivity (Wildman–Crippen MR) is 67.1 cm³/mol. The highest BCUT2D eigenvalue weighted by Gasteiger charge is 2.53. The van der Waals surface area contributed by atoms with Crippen molar-refractivity contribution in [1.82, 2.24) is 10.4 Å². The van der Waals surface area contributed by atoms with Gasteiger partial charge in [-0.2, -0.15) is 8.78 Å². The topological polar surface area (TPSA) is 61.8 Å². The molecule has 1 aliphatic rings. The van der Waals surface area contributed by atoms with Crippen LogP contribution in [0.4, 0.5) is 17.6 Å². The predicted octanol–water partition coefficient (Wildman–Crippen LogP) is 2.11. The first-order valence-electron chi connectivity index (χ1n) is 6.09. The molecule has 0 spiro atoms. The minimum atomic E-state index is -3.43. The molecule has 1 atom stereocenters. The Bertz CT molecular complexity index is 602. The summed E-state index contributed by atoms with van der Waals surface area (Å²) in [6.07, 6.45) is -6.79. The number of methoxy groups -OCH3 is 1. The Balaban J connectivity index is 2.35. The number of benzene rings is 1. The molecule has 1 amide bonds. The van der Waals surface area contributed by atoms with Crippen LogP contribution in [0.3, 0.4) is 0 Å². The average Bonchev–Trinajstić information content (AvgIpc) is 2.86. The number of halogens is 4. The summed E-state index contributed by atoms with van der Waals surface area (Å²) < 4.78 is 56.1. The van der Waals surface area contributed by atoms with Gasteiger partial charge in [0.1, 0.15) is 11.4 Å². The molecule has 0 saturated carbocycles. The zero-order valence-corrected chi connectivity index (χ0v) is 11.3. The van der Waals surface area contributed by atoms with Crippen LogP contribution in [0.2, 0.25) is 0 Å². The van der Waals surface area contributed by atoms with E-state index in [1.165, 1.54) is 31.4 Å². The minimum absolute atomic E-state index is 0.0760. The van der Waals surface area contributed by atoms with Crippen molar-refractivity contribution in [1.29, 1.82) is 0 Å². The van der Waals surface area contributed by atoms with Crippen LogP contribution in [0.1, 0.15) is 16.8 Å². The molecule has 1 saturated heterocycles. The van der Waals surface area contributed by atoms with Crippen molar-refractivity contribution in [3.8, 4) is 5.75 Å². The van der Waals surface area contributed by atoms with Gasteiger partial charge in [-0.25, -0.2) is 13.8 Å². The van der Waals surface area contributed by atoms with Gasteiger partial charge in [0.15, 0.2) is 0 Å². The Morgan fingerprint density at radius 2 is 1.95 bits per heavy atom. The molecule has 2 rings (SSSR count). The molecular weight excluding hydrogens is 308 g/mol. The van der Waals surface area contributed by atoms with Crippen LogP contribution in [-0.2, 0) is 0 Å². The van der Waals surface area contributed by atoms with Crippen LogP contribution in [0.15, 0.2) is 36.0 Å². The van der Waals surface area contributed by atoms with E-state index in [2.05, 4.69) is 0 Å². The summed E-state index contributed by atoms with van der Waals surface area (Å²) in [6, 6.07) is 5.33. The number of nitrogens with zero attached hydrogens (tertiary/aromatic N) is 1. The van der Waals surface area contributed by atoms with Gasteiger partial charge in [0.25, 0.3) is 18.4 Å². The minimum Gasteiger partial charge on any atom is -0.497 e. The van der Waals surface area contributed by atoms with Gasteiger partial charge in [0.2, 0.25) is 5.72 Å². The third kappa shape index (κ3) is 2.71. The first-order valence-corrected chi connectivity index (χ1v) is 6.09. The second-order valence-corrected chi connectivity index (χ2v) is 4.58. The van der Waals surface area contributed by atoms with E-state index >= 15 is 0 Å². The first-order chi connectivity index (χ1) is 10.3. The van der Waals surface area contributed by atoms with Crippen molar-refractivity contribution in [2.45, 2.75) is 18.6 Å². The van der Waals surface area contributed by atoms with Gasteiger partial charge in [0.05, 0.1) is 13.5 Å². The fourth-order valence-corrected chi connectivity index (χ4v) is 1.98. The standard InChI is InChI=1S/C13H12F4N2O3/c1-22-8-4-2-7(3-5-8)11(20)19-13(21,12(16)17)6-9(18-19)10(14)15/h2-5,12,18,21H,6H2,1H3. The smallest absolute Gasteiger partial charge is 0.291 e. The maximum absolute atomic E-state index is 13.0. The number of alkyl halides is 2. The van der Waals surface area contributed by atoms with E-state index in [1.54, 1.807) is 0 Å². The zero-order valence-electron chi connectivity index (χ0n) is 11.3.